The molecule has 0 heterocycles. The summed E-state index contributed by atoms with van der Waals surface area (Å²) >= 11 is 0. The van der Waals surface area contributed by atoms with Gasteiger partial charge >= 0.3 is 5.97 Å². The molecule has 0 saturated carbocycles. The van der Waals surface area contributed by atoms with Crippen LogP contribution >= 0.6 is 0 Å². The third kappa shape index (κ3) is 4.42. The molecular formula is C19H19O4-. The summed E-state index contributed by atoms with van der Waals surface area (Å²) < 4.78 is 5.24. The number of carboxylic acids is 1. The van der Waals surface area contributed by atoms with Gasteiger partial charge in [0.05, 0.1) is 11.5 Å². The molecule has 0 spiro atoms. The summed E-state index contributed by atoms with van der Waals surface area (Å²) in [5.74, 6) is -1.64. The Balaban J connectivity index is 1.98. The van der Waals surface area contributed by atoms with Crippen LogP contribution in [0.1, 0.15) is 52.6 Å². The highest BCUT2D eigenvalue weighted by atomic mass is 16.5. The Morgan fingerprint density at radius 2 is 1.43 bits per heavy atom. The fraction of sp³-hybridized carbons (Fsp3) is 0.263. The first-order chi connectivity index (χ1) is 10.8. The van der Waals surface area contributed by atoms with Crippen LogP contribution in [-0.2, 0) is 16.8 Å². The highest BCUT2D eigenvalue weighted by Gasteiger charge is 2.14. The molecule has 120 valence electrons. The lowest BCUT2D eigenvalue weighted by Crippen LogP contribution is -2.22. The van der Waals surface area contributed by atoms with E-state index in [-0.39, 0.29) is 17.6 Å². The molecule has 0 saturated heterocycles. The Morgan fingerprint density at radius 3 is 1.91 bits per heavy atom. The zero-order chi connectivity index (χ0) is 17.0. The largest absolute Gasteiger partial charge is 0.545 e. The predicted molar refractivity (Wildman–Crippen MR) is 85.0 cm³/mol. The van der Waals surface area contributed by atoms with Crippen LogP contribution in [0.5, 0.6) is 0 Å². The minimum absolute atomic E-state index is 0.0309. The van der Waals surface area contributed by atoms with Gasteiger partial charge < -0.3 is 14.6 Å². The van der Waals surface area contributed by atoms with Crippen LogP contribution in [0.2, 0.25) is 0 Å². The van der Waals surface area contributed by atoms with Gasteiger partial charge in [-0.05, 0) is 34.2 Å². The van der Waals surface area contributed by atoms with Gasteiger partial charge in [-0.3, -0.25) is 0 Å². The molecule has 2 rings (SSSR count). The van der Waals surface area contributed by atoms with Crippen molar-refractivity contribution in [3.05, 3.63) is 70.8 Å². The fourth-order valence-corrected chi connectivity index (χ4v) is 2.08. The summed E-state index contributed by atoms with van der Waals surface area (Å²) in [4.78, 5) is 22.7. The average Bonchev–Trinajstić information content (AvgIpc) is 2.52. The average molecular weight is 311 g/mol. The summed E-state index contributed by atoms with van der Waals surface area (Å²) in [5, 5.41) is 10.7. The molecule has 0 unspecified atom stereocenters. The standard InChI is InChI=1S/C19H20O4/c1-19(2,3)16-10-8-15(9-11-16)18(22)23-12-13-4-6-14(7-5-13)17(20)21/h4-11H,12H2,1-3H3,(H,20,21)/p-1. The summed E-state index contributed by atoms with van der Waals surface area (Å²) in [7, 11) is 0. The van der Waals surface area contributed by atoms with Gasteiger partial charge in [-0.15, -0.1) is 0 Å². The molecule has 0 amide bonds. The fourth-order valence-electron chi connectivity index (χ4n) is 2.08. The summed E-state index contributed by atoms with van der Waals surface area (Å²) in [6, 6.07) is 13.4. The predicted octanol–water partition coefficient (Wildman–Crippen LogP) is 2.70. The van der Waals surface area contributed by atoms with Crippen molar-refractivity contribution in [2.24, 2.45) is 0 Å². The number of hydrogen-bond acceptors (Lipinski definition) is 4. The second-order valence-corrected chi connectivity index (χ2v) is 6.39. The zero-order valence-electron chi connectivity index (χ0n) is 13.5. The van der Waals surface area contributed by atoms with Gasteiger partial charge in [0.25, 0.3) is 0 Å². The van der Waals surface area contributed by atoms with E-state index in [4.69, 9.17) is 4.74 Å². The second kappa shape index (κ2) is 6.65. The van der Waals surface area contributed by atoms with Crippen LogP contribution in [0.15, 0.2) is 48.5 Å². The summed E-state index contributed by atoms with van der Waals surface area (Å²) in [5.41, 5.74) is 2.48. The molecule has 2 aromatic rings. The van der Waals surface area contributed by atoms with Gasteiger partial charge in [-0.25, -0.2) is 4.79 Å². The molecule has 4 heteroatoms. The molecule has 0 N–H and O–H groups in total. The topological polar surface area (TPSA) is 66.4 Å². The van der Waals surface area contributed by atoms with E-state index in [2.05, 4.69) is 20.8 Å². The lowest BCUT2D eigenvalue weighted by atomic mass is 9.87. The van der Waals surface area contributed by atoms with Crippen LogP contribution in [0, 0.1) is 0 Å². The maximum absolute atomic E-state index is 12.0. The molecular weight excluding hydrogens is 292 g/mol. The monoisotopic (exact) mass is 311 g/mol. The number of aromatic carboxylic acids is 1. The van der Waals surface area contributed by atoms with Crippen molar-refractivity contribution in [2.75, 3.05) is 0 Å². The summed E-state index contributed by atoms with van der Waals surface area (Å²) in [6.45, 7) is 6.41. The number of carboxylic acid groups (broad SMARTS) is 1. The number of carbonyl (C=O) groups is 2. The smallest absolute Gasteiger partial charge is 0.338 e. The number of hydrogen-bond donors (Lipinski definition) is 0. The number of ether oxygens (including phenoxy) is 1. The first kappa shape index (κ1) is 16.7. The highest BCUT2D eigenvalue weighted by Crippen LogP contribution is 2.22. The normalized spacial score (nSPS) is 11.1. The number of rotatable bonds is 4. The van der Waals surface area contributed by atoms with E-state index in [1.807, 2.05) is 12.1 Å². The van der Waals surface area contributed by atoms with E-state index in [0.717, 1.165) is 11.1 Å². The lowest BCUT2D eigenvalue weighted by Gasteiger charge is -2.18. The first-order valence-corrected chi connectivity index (χ1v) is 7.35. The molecule has 0 aliphatic carbocycles. The molecule has 0 radical (unpaired) electrons. The maximum atomic E-state index is 12.0. The number of benzene rings is 2. The van der Waals surface area contributed by atoms with E-state index < -0.39 is 11.9 Å². The molecule has 2 aromatic carbocycles. The first-order valence-electron chi connectivity index (χ1n) is 7.35. The minimum atomic E-state index is -1.23. The highest BCUT2D eigenvalue weighted by molar-refractivity contribution is 5.89. The van der Waals surface area contributed by atoms with Crippen molar-refractivity contribution in [1.82, 2.24) is 0 Å². The van der Waals surface area contributed by atoms with Crippen LogP contribution in [0.4, 0.5) is 0 Å². The van der Waals surface area contributed by atoms with Crippen molar-refractivity contribution < 1.29 is 19.4 Å². The van der Waals surface area contributed by atoms with E-state index in [0.29, 0.717) is 5.56 Å². The quantitative estimate of drug-likeness (QED) is 0.814. The van der Waals surface area contributed by atoms with Crippen molar-refractivity contribution in [3.63, 3.8) is 0 Å². The van der Waals surface area contributed by atoms with Crippen molar-refractivity contribution in [2.45, 2.75) is 32.8 Å². The van der Waals surface area contributed by atoms with E-state index >= 15 is 0 Å². The molecule has 0 aromatic heterocycles. The van der Waals surface area contributed by atoms with Crippen molar-refractivity contribution >= 4 is 11.9 Å². The van der Waals surface area contributed by atoms with Crippen molar-refractivity contribution in [1.29, 1.82) is 0 Å². The van der Waals surface area contributed by atoms with Gasteiger partial charge in [0, 0.05) is 0 Å². The lowest BCUT2D eigenvalue weighted by molar-refractivity contribution is -0.255. The van der Waals surface area contributed by atoms with E-state index in [9.17, 15) is 14.7 Å². The molecule has 0 bridgehead atoms. The van der Waals surface area contributed by atoms with Gasteiger partial charge in [0.2, 0.25) is 0 Å². The molecule has 4 nitrogen and oxygen atoms in total. The van der Waals surface area contributed by atoms with Gasteiger partial charge in [-0.1, -0.05) is 57.2 Å². The Labute approximate surface area is 135 Å². The summed E-state index contributed by atoms with van der Waals surface area (Å²) in [6.07, 6.45) is 0. The van der Waals surface area contributed by atoms with Gasteiger partial charge in [0.1, 0.15) is 6.61 Å². The SMILES string of the molecule is CC(C)(C)c1ccc(C(=O)OCc2ccc(C(=O)[O-])cc2)cc1. The molecule has 0 aliphatic heterocycles. The van der Waals surface area contributed by atoms with Crippen LogP contribution in [-0.4, -0.2) is 11.9 Å². The molecule has 0 aliphatic rings. The second-order valence-electron chi connectivity index (χ2n) is 6.39. The molecule has 0 atom stereocenters. The van der Waals surface area contributed by atoms with Crippen LogP contribution in [0.25, 0.3) is 0 Å². The maximum Gasteiger partial charge on any atom is 0.338 e. The zero-order valence-corrected chi connectivity index (χ0v) is 13.5. The Hall–Kier alpha value is -2.62. The molecule has 0 fully saturated rings. The van der Waals surface area contributed by atoms with E-state index in [1.54, 1.807) is 24.3 Å². The van der Waals surface area contributed by atoms with E-state index in [1.165, 1.54) is 12.1 Å². The Kier molecular flexibility index (Phi) is 4.84. The number of carbonyl (C=O) groups excluding carboxylic acids is 2. The third-order valence-corrected chi connectivity index (χ3v) is 3.55. The van der Waals surface area contributed by atoms with Crippen LogP contribution < -0.4 is 5.11 Å². The van der Waals surface area contributed by atoms with Crippen molar-refractivity contribution in [3.8, 4) is 0 Å². The number of esters is 1. The Bertz CT molecular complexity index is 692. The third-order valence-electron chi connectivity index (χ3n) is 3.55. The molecule has 23 heavy (non-hydrogen) atoms. The van der Waals surface area contributed by atoms with Gasteiger partial charge in [0.15, 0.2) is 0 Å². The minimum Gasteiger partial charge on any atom is -0.545 e. The van der Waals surface area contributed by atoms with Crippen LogP contribution in [0.3, 0.4) is 0 Å². The Morgan fingerprint density at radius 1 is 0.913 bits per heavy atom. The van der Waals surface area contributed by atoms with Gasteiger partial charge in [-0.2, -0.15) is 0 Å².